The van der Waals surface area contributed by atoms with Crippen molar-refractivity contribution in [1.82, 2.24) is 9.38 Å². The van der Waals surface area contributed by atoms with Crippen LogP contribution in [0.1, 0.15) is 13.8 Å². The second-order valence-electron chi connectivity index (χ2n) is 3.21. The molecule has 0 amide bonds. The monoisotopic (exact) mass is 176 g/mol. The summed E-state index contributed by atoms with van der Waals surface area (Å²) in [5.41, 5.74) is 0.915. The Labute approximate surface area is 77.0 Å². The van der Waals surface area contributed by atoms with Crippen molar-refractivity contribution in [3.63, 3.8) is 0 Å². The van der Waals surface area contributed by atoms with E-state index in [0.717, 1.165) is 5.65 Å². The van der Waals surface area contributed by atoms with E-state index in [-0.39, 0.29) is 6.10 Å². The zero-order valence-electron chi connectivity index (χ0n) is 7.77. The number of nitrogens with zero attached hydrogens (tertiary/aromatic N) is 2. The SMILES string of the molecule is CC(C)Oc1cn2ccccc2n1. The van der Waals surface area contributed by atoms with Crippen LogP contribution in [-0.4, -0.2) is 15.5 Å². The maximum atomic E-state index is 5.47. The molecule has 0 bridgehead atoms. The molecule has 13 heavy (non-hydrogen) atoms. The van der Waals surface area contributed by atoms with Crippen molar-refractivity contribution in [2.45, 2.75) is 20.0 Å². The number of hydrogen-bond acceptors (Lipinski definition) is 2. The summed E-state index contributed by atoms with van der Waals surface area (Å²) in [6, 6.07) is 5.88. The minimum atomic E-state index is 0.171. The first kappa shape index (κ1) is 8.10. The third-order valence-corrected chi connectivity index (χ3v) is 1.70. The molecule has 0 aliphatic carbocycles. The third-order valence-electron chi connectivity index (χ3n) is 1.70. The normalized spacial score (nSPS) is 11.0. The smallest absolute Gasteiger partial charge is 0.232 e. The second kappa shape index (κ2) is 3.09. The molecule has 68 valence electrons. The van der Waals surface area contributed by atoms with Gasteiger partial charge in [0.1, 0.15) is 5.65 Å². The van der Waals surface area contributed by atoms with Crippen molar-refractivity contribution in [3.05, 3.63) is 30.6 Å². The standard InChI is InChI=1S/C10H12N2O/c1-8(2)13-10-7-12-6-4-3-5-9(12)11-10/h3-8H,1-2H3. The van der Waals surface area contributed by atoms with Crippen molar-refractivity contribution < 1.29 is 4.74 Å². The van der Waals surface area contributed by atoms with E-state index in [4.69, 9.17) is 4.74 Å². The van der Waals surface area contributed by atoms with Crippen molar-refractivity contribution in [3.8, 4) is 5.88 Å². The van der Waals surface area contributed by atoms with Crippen molar-refractivity contribution in [2.24, 2.45) is 0 Å². The fourth-order valence-electron chi connectivity index (χ4n) is 1.21. The van der Waals surface area contributed by atoms with Gasteiger partial charge in [0.05, 0.1) is 12.3 Å². The first-order valence-corrected chi connectivity index (χ1v) is 4.36. The first-order valence-electron chi connectivity index (χ1n) is 4.36. The van der Waals surface area contributed by atoms with Gasteiger partial charge < -0.3 is 9.14 Å². The Hall–Kier alpha value is -1.51. The number of aromatic nitrogens is 2. The predicted molar refractivity (Wildman–Crippen MR) is 51.0 cm³/mol. The molecule has 2 aromatic heterocycles. The molecule has 0 spiro atoms. The van der Waals surface area contributed by atoms with E-state index >= 15 is 0 Å². The summed E-state index contributed by atoms with van der Waals surface area (Å²) in [5, 5.41) is 0. The van der Waals surface area contributed by atoms with Crippen molar-refractivity contribution in [1.29, 1.82) is 0 Å². The Bertz CT molecular complexity index is 373. The van der Waals surface area contributed by atoms with Crippen LogP contribution in [0.15, 0.2) is 30.6 Å². The lowest BCUT2D eigenvalue weighted by molar-refractivity contribution is 0.234. The summed E-state index contributed by atoms with van der Waals surface area (Å²) in [5.74, 6) is 0.682. The summed E-state index contributed by atoms with van der Waals surface area (Å²) >= 11 is 0. The van der Waals surface area contributed by atoms with Crippen LogP contribution >= 0.6 is 0 Å². The summed E-state index contributed by atoms with van der Waals surface area (Å²) in [6.07, 6.45) is 4.01. The molecule has 3 nitrogen and oxygen atoms in total. The van der Waals surface area contributed by atoms with Crippen molar-refractivity contribution in [2.75, 3.05) is 0 Å². The van der Waals surface area contributed by atoms with E-state index in [0.29, 0.717) is 5.88 Å². The van der Waals surface area contributed by atoms with Crippen LogP contribution in [0.5, 0.6) is 5.88 Å². The molecule has 0 aliphatic heterocycles. The molecule has 2 aromatic rings. The lowest BCUT2D eigenvalue weighted by atomic mass is 10.5. The van der Waals surface area contributed by atoms with Gasteiger partial charge in [-0.15, -0.1) is 0 Å². The van der Waals surface area contributed by atoms with E-state index in [1.807, 2.05) is 48.8 Å². The second-order valence-corrected chi connectivity index (χ2v) is 3.21. The zero-order chi connectivity index (χ0) is 9.26. The number of imidazole rings is 1. The maximum absolute atomic E-state index is 5.47. The van der Waals surface area contributed by atoms with Gasteiger partial charge in [-0.1, -0.05) is 6.07 Å². The van der Waals surface area contributed by atoms with E-state index in [1.54, 1.807) is 0 Å². The number of pyridine rings is 1. The van der Waals surface area contributed by atoms with E-state index in [2.05, 4.69) is 4.98 Å². The first-order chi connectivity index (χ1) is 6.25. The molecule has 0 saturated carbocycles. The van der Waals surface area contributed by atoms with Crippen LogP contribution < -0.4 is 4.74 Å². The van der Waals surface area contributed by atoms with Gasteiger partial charge in [-0.05, 0) is 26.0 Å². The Morgan fingerprint density at radius 3 is 2.92 bits per heavy atom. The highest BCUT2D eigenvalue weighted by molar-refractivity contribution is 5.41. The average molecular weight is 176 g/mol. The summed E-state index contributed by atoms with van der Waals surface area (Å²) in [6.45, 7) is 3.98. The van der Waals surface area contributed by atoms with Crippen LogP contribution in [0.4, 0.5) is 0 Å². The minimum Gasteiger partial charge on any atom is -0.474 e. The van der Waals surface area contributed by atoms with Gasteiger partial charge in [-0.3, -0.25) is 0 Å². The number of ether oxygens (including phenoxy) is 1. The van der Waals surface area contributed by atoms with Gasteiger partial charge in [0, 0.05) is 6.20 Å². The average Bonchev–Trinajstić information content (AvgIpc) is 2.44. The molecular weight excluding hydrogens is 164 g/mol. The van der Waals surface area contributed by atoms with Gasteiger partial charge in [0.15, 0.2) is 0 Å². The van der Waals surface area contributed by atoms with Crippen LogP contribution in [0.25, 0.3) is 5.65 Å². The molecule has 2 heterocycles. The Kier molecular flexibility index (Phi) is 1.93. The van der Waals surface area contributed by atoms with Crippen molar-refractivity contribution >= 4 is 5.65 Å². The van der Waals surface area contributed by atoms with E-state index in [9.17, 15) is 0 Å². The summed E-state index contributed by atoms with van der Waals surface area (Å²) in [4.78, 5) is 4.29. The number of rotatable bonds is 2. The number of hydrogen-bond donors (Lipinski definition) is 0. The summed E-state index contributed by atoms with van der Waals surface area (Å²) in [7, 11) is 0. The highest BCUT2D eigenvalue weighted by Crippen LogP contribution is 2.12. The molecule has 0 aliphatic rings. The molecule has 0 fully saturated rings. The largest absolute Gasteiger partial charge is 0.474 e. The van der Waals surface area contributed by atoms with E-state index in [1.165, 1.54) is 0 Å². The number of fused-ring (bicyclic) bond motifs is 1. The Balaban J connectivity index is 2.38. The molecule has 0 N–H and O–H groups in total. The topological polar surface area (TPSA) is 26.5 Å². The zero-order valence-corrected chi connectivity index (χ0v) is 7.77. The lowest BCUT2D eigenvalue weighted by Crippen LogP contribution is -2.05. The predicted octanol–water partition coefficient (Wildman–Crippen LogP) is 2.12. The molecule has 0 saturated heterocycles. The van der Waals surface area contributed by atoms with Crippen LogP contribution in [0.3, 0.4) is 0 Å². The molecule has 3 heteroatoms. The Morgan fingerprint density at radius 2 is 2.23 bits per heavy atom. The molecule has 0 unspecified atom stereocenters. The molecule has 2 rings (SSSR count). The molecule has 0 atom stereocenters. The van der Waals surface area contributed by atoms with Crippen LogP contribution in [-0.2, 0) is 0 Å². The Morgan fingerprint density at radius 1 is 1.38 bits per heavy atom. The van der Waals surface area contributed by atoms with Gasteiger partial charge >= 0.3 is 0 Å². The fraction of sp³-hybridized carbons (Fsp3) is 0.300. The quantitative estimate of drug-likeness (QED) is 0.700. The lowest BCUT2D eigenvalue weighted by Gasteiger charge is -2.03. The molecule has 0 aromatic carbocycles. The highest BCUT2D eigenvalue weighted by Gasteiger charge is 2.02. The third kappa shape index (κ3) is 1.64. The van der Waals surface area contributed by atoms with Crippen LogP contribution in [0, 0.1) is 0 Å². The maximum Gasteiger partial charge on any atom is 0.232 e. The van der Waals surface area contributed by atoms with E-state index < -0.39 is 0 Å². The molecular formula is C10H12N2O. The summed E-state index contributed by atoms with van der Waals surface area (Å²) < 4.78 is 7.41. The van der Waals surface area contributed by atoms with Crippen LogP contribution in [0.2, 0.25) is 0 Å². The van der Waals surface area contributed by atoms with Gasteiger partial charge in [0.2, 0.25) is 5.88 Å². The van der Waals surface area contributed by atoms with Gasteiger partial charge in [0.25, 0.3) is 0 Å². The minimum absolute atomic E-state index is 0.171. The van der Waals surface area contributed by atoms with Gasteiger partial charge in [-0.2, -0.15) is 4.98 Å². The van der Waals surface area contributed by atoms with Gasteiger partial charge in [-0.25, -0.2) is 0 Å². The fourth-order valence-corrected chi connectivity index (χ4v) is 1.21. The molecule has 0 radical (unpaired) electrons. The highest BCUT2D eigenvalue weighted by atomic mass is 16.5.